The molecule has 0 aromatic heterocycles. The summed E-state index contributed by atoms with van der Waals surface area (Å²) in [5, 5.41) is 46.2. The average Bonchev–Trinajstić information content (AvgIpc) is 2.31. The van der Waals surface area contributed by atoms with Gasteiger partial charge in [0.15, 0.2) is 0 Å². The van der Waals surface area contributed by atoms with E-state index in [1.54, 1.807) is 0 Å². The molecule has 0 amide bonds. The van der Waals surface area contributed by atoms with Gasteiger partial charge in [-0.05, 0) is 0 Å². The highest BCUT2D eigenvalue weighted by Crippen LogP contribution is 2.31. The van der Waals surface area contributed by atoms with Crippen LogP contribution in [0.1, 0.15) is 6.42 Å². The minimum Gasteiger partial charge on any atom is -0.477 e. The number of aliphatic hydroxyl groups excluding tert-OH is 4. The van der Waals surface area contributed by atoms with E-state index in [4.69, 9.17) is 19.7 Å². The van der Waals surface area contributed by atoms with Gasteiger partial charge < -0.3 is 35.0 Å². The van der Waals surface area contributed by atoms with Crippen molar-refractivity contribution in [3.63, 3.8) is 0 Å². The van der Waals surface area contributed by atoms with Crippen molar-refractivity contribution >= 4 is 5.97 Å². The van der Waals surface area contributed by atoms with Crippen LogP contribution in [0.3, 0.4) is 0 Å². The SMILES string of the molecule is CO[C@@]1(C(=O)O)C[C@@H](O)[C@@H](O)[C@@H]([C@H](O)CO)O1. The van der Waals surface area contributed by atoms with E-state index in [-0.39, 0.29) is 0 Å². The van der Waals surface area contributed by atoms with Crippen LogP contribution in [0.2, 0.25) is 0 Å². The van der Waals surface area contributed by atoms with Crippen LogP contribution < -0.4 is 0 Å². The minimum absolute atomic E-state index is 0.478. The van der Waals surface area contributed by atoms with Crippen LogP contribution in [-0.4, -0.2) is 75.4 Å². The number of ether oxygens (including phenoxy) is 2. The summed E-state index contributed by atoms with van der Waals surface area (Å²) >= 11 is 0. The highest BCUT2D eigenvalue weighted by atomic mass is 16.7. The summed E-state index contributed by atoms with van der Waals surface area (Å²) in [6, 6.07) is 0. The summed E-state index contributed by atoms with van der Waals surface area (Å²) in [6.45, 7) is -0.742. The van der Waals surface area contributed by atoms with E-state index in [1.807, 2.05) is 0 Å². The molecule has 0 unspecified atom stereocenters. The molecule has 5 N–H and O–H groups in total. The van der Waals surface area contributed by atoms with Gasteiger partial charge in [-0.25, -0.2) is 4.79 Å². The normalized spacial score (nSPS) is 39.9. The van der Waals surface area contributed by atoms with Crippen molar-refractivity contribution in [1.82, 2.24) is 0 Å². The van der Waals surface area contributed by atoms with E-state index in [9.17, 15) is 20.1 Å². The van der Waals surface area contributed by atoms with E-state index in [2.05, 4.69) is 0 Å². The van der Waals surface area contributed by atoms with Crippen LogP contribution in [0.4, 0.5) is 0 Å². The molecule has 1 saturated heterocycles. The number of rotatable bonds is 4. The van der Waals surface area contributed by atoms with Crippen molar-refractivity contribution in [3.8, 4) is 0 Å². The van der Waals surface area contributed by atoms with Crippen LogP contribution in [0.25, 0.3) is 0 Å². The molecule has 1 heterocycles. The van der Waals surface area contributed by atoms with E-state index >= 15 is 0 Å². The van der Waals surface area contributed by atoms with Crippen molar-refractivity contribution in [2.45, 2.75) is 36.6 Å². The summed E-state index contributed by atoms with van der Waals surface area (Å²) in [5.41, 5.74) is 0. The summed E-state index contributed by atoms with van der Waals surface area (Å²) in [5.74, 6) is -3.62. The standard InChI is InChI=1S/C9H16O8/c1-16-9(8(14)15)2-4(11)6(13)7(17-9)5(12)3-10/h4-7,10-13H,2-3H2,1H3,(H,14,15)/t4-,5-,6-,7-,9+/m1/s1. The summed E-state index contributed by atoms with van der Waals surface area (Å²) in [6.07, 6.45) is -6.38. The van der Waals surface area contributed by atoms with Crippen LogP contribution >= 0.6 is 0 Å². The number of hydrogen-bond acceptors (Lipinski definition) is 7. The van der Waals surface area contributed by atoms with E-state index < -0.39 is 49.2 Å². The highest BCUT2D eigenvalue weighted by molar-refractivity contribution is 5.76. The van der Waals surface area contributed by atoms with E-state index in [1.165, 1.54) is 0 Å². The maximum atomic E-state index is 11.0. The fraction of sp³-hybridized carbons (Fsp3) is 0.889. The lowest BCUT2D eigenvalue weighted by atomic mass is 9.92. The Morgan fingerprint density at radius 2 is 2.18 bits per heavy atom. The Kier molecular flexibility index (Phi) is 4.42. The van der Waals surface area contributed by atoms with Gasteiger partial charge in [0.1, 0.15) is 18.3 Å². The predicted molar refractivity (Wildman–Crippen MR) is 52.0 cm³/mol. The second kappa shape index (κ2) is 5.25. The molecule has 8 heteroatoms. The number of carbonyl (C=O) groups is 1. The van der Waals surface area contributed by atoms with Gasteiger partial charge in [-0.1, -0.05) is 0 Å². The first-order chi connectivity index (χ1) is 7.88. The molecule has 0 radical (unpaired) electrons. The first kappa shape index (κ1) is 14.3. The number of carboxylic acid groups (broad SMARTS) is 1. The Morgan fingerprint density at radius 1 is 1.59 bits per heavy atom. The topological polar surface area (TPSA) is 137 Å². The molecule has 17 heavy (non-hydrogen) atoms. The third-order valence-corrected chi connectivity index (χ3v) is 2.76. The summed E-state index contributed by atoms with van der Waals surface area (Å²) < 4.78 is 9.68. The van der Waals surface area contributed by atoms with Gasteiger partial charge in [0.05, 0.1) is 12.7 Å². The molecule has 1 aliphatic rings. The Bertz CT molecular complexity index is 282. The zero-order valence-corrected chi connectivity index (χ0v) is 9.18. The Balaban J connectivity index is 2.96. The molecule has 0 aromatic rings. The van der Waals surface area contributed by atoms with Gasteiger partial charge in [-0.3, -0.25) is 0 Å². The minimum atomic E-state index is -2.14. The van der Waals surface area contributed by atoms with E-state index in [0.717, 1.165) is 7.11 Å². The molecule has 0 saturated carbocycles. The molecule has 0 spiro atoms. The van der Waals surface area contributed by atoms with Crippen LogP contribution in [0, 0.1) is 0 Å². The quantitative estimate of drug-likeness (QED) is 0.364. The molecule has 0 aromatic carbocycles. The Morgan fingerprint density at radius 3 is 2.59 bits per heavy atom. The van der Waals surface area contributed by atoms with Crippen LogP contribution in [0.5, 0.6) is 0 Å². The summed E-state index contributed by atoms with van der Waals surface area (Å²) in [7, 11) is 1.07. The number of hydrogen-bond donors (Lipinski definition) is 5. The molecule has 1 rings (SSSR count). The predicted octanol–water partition coefficient (Wildman–Crippen LogP) is -2.72. The van der Waals surface area contributed by atoms with Gasteiger partial charge in [0.25, 0.3) is 5.79 Å². The zero-order chi connectivity index (χ0) is 13.2. The lowest BCUT2D eigenvalue weighted by molar-refractivity contribution is -0.316. The van der Waals surface area contributed by atoms with Crippen molar-refractivity contribution in [2.24, 2.45) is 0 Å². The smallest absolute Gasteiger partial charge is 0.364 e. The molecule has 1 fully saturated rings. The van der Waals surface area contributed by atoms with Crippen molar-refractivity contribution in [1.29, 1.82) is 0 Å². The first-order valence-corrected chi connectivity index (χ1v) is 4.99. The second-order valence-electron chi connectivity index (χ2n) is 3.86. The van der Waals surface area contributed by atoms with Gasteiger partial charge in [-0.15, -0.1) is 0 Å². The number of methoxy groups -OCH3 is 1. The molecule has 8 nitrogen and oxygen atoms in total. The Hall–Kier alpha value is -0.770. The third-order valence-electron chi connectivity index (χ3n) is 2.76. The molecular weight excluding hydrogens is 236 g/mol. The zero-order valence-electron chi connectivity index (χ0n) is 9.18. The number of aliphatic hydroxyl groups is 4. The fourth-order valence-electron chi connectivity index (χ4n) is 1.72. The molecule has 0 bridgehead atoms. The molecule has 1 aliphatic heterocycles. The van der Waals surface area contributed by atoms with Crippen LogP contribution in [-0.2, 0) is 14.3 Å². The summed E-state index contributed by atoms with van der Waals surface area (Å²) in [4.78, 5) is 11.0. The van der Waals surface area contributed by atoms with Crippen molar-refractivity contribution < 1.29 is 39.8 Å². The molecule has 5 atom stereocenters. The van der Waals surface area contributed by atoms with Gasteiger partial charge >= 0.3 is 5.97 Å². The number of aliphatic carboxylic acids is 1. The van der Waals surface area contributed by atoms with Crippen molar-refractivity contribution in [3.05, 3.63) is 0 Å². The third kappa shape index (κ3) is 2.57. The Labute approximate surface area is 97.0 Å². The van der Waals surface area contributed by atoms with Crippen molar-refractivity contribution in [2.75, 3.05) is 13.7 Å². The highest BCUT2D eigenvalue weighted by Gasteiger charge is 2.53. The lowest BCUT2D eigenvalue weighted by Gasteiger charge is -2.43. The molecule has 100 valence electrons. The van der Waals surface area contributed by atoms with E-state index in [0.29, 0.717) is 0 Å². The van der Waals surface area contributed by atoms with Gasteiger partial charge in [0.2, 0.25) is 0 Å². The second-order valence-corrected chi connectivity index (χ2v) is 3.86. The lowest BCUT2D eigenvalue weighted by Crippen LogP contribution is -2.62. The monoisotopic (exact) mass is 252 g/mol. The van der Waals surface area contributed by atoms with Crippen LogP contribution in [0.15, 0.2) is 0 Å². The largest absolute Gasteiger partial charge is 0.477 e. The fourth-order valence-corrected chi connectivity index (χ4v) is 1.72. The average molecular weight is 252 g/mol. The maximum Gasteiger partial charge on any atom is 0.364 e. The van der Waals surface area contributed by atoms with Gasteiger partial charge in [-0.2, -0.15) is 0 Å². The molecule has 0 aliphatic carbocycles. The van der Waals surface area contributed by atoms with Gasteiger partial charge in [0, 0.05) is 13.5 Å². The first-order valence-electron chi connectivity index (χ1n) is 4.99. The maximum absolute atomic E-state index is 11.0. The number of carboxylic acids is 1. The molecular formula is C9H16O8.